The molecule has 21 heavy (non-hydrogen) atoms. The first-order valence-electron chi connectivity index (χ1n) is 5.63. The summed E-state index contributed by atoms with van der Waals surface area (Å²) in [6.45, 7) is 0.00586. The summed E-state index contributed by atoms with van der Waals surface area (Å²) in [5.41, 5.74) is 7.32. The molecule has 9 heteroatoms. The normalized spacial score (nSPS) is 10.8. The zero-order valence-electron chi connectivity index (χ0n) is 10.4. The minimum atomic E-state index is -4.62. The number of halogens is 3. The van der Waals surface area contributed by atoms with Crippen LogP contribution in [0.4, 0.5) is 13.2 Å². The van der Waals surface area contributed by atoms with Crippen LogP contribution >= 0.6 is 0 Å². The summed E-state index contributed by atoms with van der Waals surface area (Å²) in [5, 5.41) is 16.0. The van der Waals surface area contributed by atoms with E-state index in [0.717, 1.165) is 12.1 Å². The summed E-state index contributed by atoms with van der Waals surface area (Å²) >= 11 is 0. The lowest BCUT2D eigenvalue weighted by atomic mass is 10.1. The van der Waals surface area contributed by atoms with E-state index in [1.54, 1.807) is 0 Å². The van der Waals surface area contributed by atoms with Gasteiger partial charge in [-0.15, -0.1) is 0 Å². The average molecular weight is 292 g/mol. The monoisotopic (exact) mass is 292 g/mol. The van der Waals surface area contributed by atoms with Crippen LogP contribution in [0.2, 0.25) is 0 Å². The van der Waals surface area contributed by atoms with E-state index in [-0.39, 0.29) is 12.2 Å². The lowest BCUT2D eigenvalue weighted by molar-refractivity contribution is -0.137. The maximum atomic E-state index is 12.9. The van der Waals surface area contributed by atoms with Gasteiger partial charge >= 0.3 is 6.18 Å². The minimum absolute atomic E-state index is 0.00586. The van der Waals surface area contributed by atoms with Gasteiger partial charge < -0.3 is 0 Å². The number of rotatable bonds is 3. The summed E-state index contributed by atoms with van der Waals surface area (Å²) in [6, 6.07) is 6.34. The van der Waals surface area contributed by atoms with Crippen LogP contribution in [0.5, 0.6) is 0 Å². The Hall–Kier alpha value is -2.98. The van der Waals surface area contributed by atoms with Gasteiger partial charge in [-0.2, -0.15) is 23.5 Å². The molecular formula is C12H7F3N6. The van der Waals surface area contributed by atoms with Gasteiger partial charge in [-0.3, -0.25) is 0 Å². The molecule has 2 aromatic rings. The molecule has 0 atom stereocenters. The van der Waals surface area contributed by atoms with Crippen molar-refractivity contribution in [1.82, 2.24) is 9.78 Å². The molecule has 0 radical (unpaired) electrons. The Morgan fingerprint density at radius 2 is 2.14 bits per heavy atom. The number of benzene rings is 1. The van der Waals surface area contributed by atoms with Crippen LogP contribution in [-0.2, 0) is 12.7 Å². The van der Waals surface area contributed by atoms with E-state index in [0.29, 0.717) is 5.69 Å². The Kier molecular flexibility index (Phi) is 3.82. The second-order valence-corrected chi connectivity index (χ2v) is 3.98. The van der Waals surface area contributed by atoms with Crippen molar-refractivity contribution in [2.75, 3.05) is 0 Å². The van der Waals surface area contributed by atoms with E-state index in [2.05, 4.69) is 15.1 Å². The third-order valence-corrected chi connectivity index (χ3v) is 2.63. The highest BCUT2D eigenvalue weighted by atomic mass is 19.4. The molecule has 0 unspecified atom stereocenters. The maximum absolute atomic E-state index is 12.9. The van der Waals surface area contributed by atoms with Crippen molar-refractivity contribution < 1.29 is 13.2 Å². The van der Waals surface area contributed by atoms with Crippen LogP contribution in [0.3, 0.4) is 0 Å². The highest BCUT2D eigenvalue weighted by Crippen LogP contribution is 2.33. The number of alkyl halides is 3. The largest absolute Gasteiger partial charge is 0.417 e. The molecule has 0 fully saturated rings. The fourth-order valence-electron chi connectivity index (χ4n) is 1.70. The van der Waals surface area contributed by atoms with Crippen molar-refractivity contribution >= 4 is 0 Å². The number of aromatic nitrogens is 2. The van der Waals surface area contributed by atoms with Crippen LogP contribution in [-0.4, -0.2) is 9.78 Å². The SMILES string of the molecule is N#Cc1ccc(-n2ccc(CN=[N+]=[N-])n2)cc1C(F)(F)F. The van der Waals surface area contributed by atoms with Crippen LogP contribution in [0.25, 0.3) is 16.1 Å². The second-order valence-electron chi connectivity index (χ2n) is 3.98. The predicted molar refractivity (Wildman–Crippen MR) is 66.1 cm³/mol. The smallest absolute Gasteiger partial charge is 0.241 e. The van der Waals surface area contributed by atoms with E-state index in [1.807, 2.05) is 0 Å². The standard InChI is InChI=1S/C12H7F3N6/c13-12(14,15)11-5-10(2-1-8(11)6-16)21-4-3-9(19-21)7-18-20-17/h1-5H,7H2. The van der Waals surface area contributed by atoms with Gasteiger partial charge in [0.15, 0.2) is 0 Å². The molecule has 0 aliphatic rings. The van der Waals surface area contributed by atoms with E-state index < -0.39 is 17.3 Å². The molecule has 106 valence electrons. The Bertz CT molecular complexity index is 749. The Balaban J connectivity index is 2.43. The van der Waals surface area contributed by atoms with E-state index in [1.165, 1.54) is 29.1 Å². The molecule has 0 aliphatic heterocycles. The second kappa shape index (κ2) is 5.56. The highest BCUT2D eigenvalue weighted by Gasteiger charge is 2.34. The van der Waals surface area contributed by atoms with Crippen molar-refractivity contribution in [3.63, 3.8) is 0 Å². The van der Waals surface area contributed by atoms with Gasteiger partial charge in [0, 0.05) is 11.1 Å². The van der Waals surface area contributed by atoms with Crippen molar-refractivity contribution in [3.05, 3.63) is 57.7 Å². The Morgan fingerprint density at radius 3 is 2.76 bits per heavy atom. The third kappa shape index (κ3) is 3.13. The third-order valence-electron chi connectivity index (χ3n) is 2.63. The lowest BCUT2D eigenvalue weighted by Crippen LogP contribution is -2.09. The highest BCUT2D eigenvalue weighted by molar-refractivity contribution is 5.47. The summed E-state index contributed by atoms with van der Waals surface area (Å²) < 4.78 is 39.8. The van der Waals surface area contributed by atoms with Gasteiger partial charge in [0.25, 0.3) is 0 Å². The van der Waals surface area contributed by atoms with Crippen molar-refractivity contribution in [3.8, 4) is 11.8 Å². The van der Waals surface area contributed by atoms with Gasteiger partial charge in [0.1, 0.15) is 0 Å². The summed E-state index contributed by atoms with van der Waals surface area (Å²) in [4.78, 5) is 2.57. The molecule has 6 nitrogen and oxygen atoms in total. The number of hydrogen-bond acceptors (Lipinski definition) is 3. The Labute approximate surface area is 116 Å². The Morgan fingerprint density at radius 1 is 1.38 bits per heavy atom. The fourth-order valence-corrected chi connectivity index (χ4v) is 1.70. The number of azide groups is 1. The molecule has 1 heterocycles. The first-order chi connectivity index (χ1) is 9.95. The van der Waals surface area contributed by atoms with Crippen molar-refractivity contribution in [2.45, 2.75) is 12.7 Å². The summed E-state index contributed by atoms with van der Waals surface area (Å²) in [7, 11) is 0. The molecule has 0 N–H and O–H groups in total. The summed E-state index contributed by atoms with van der Waals surface area (Å²) in [6.07, 6.45) is -3.17. The quantitative estimate of drug-likeness (QED) is 0.491. The first-order valence-corrected chi connectivity index (χ1v) is 5.63. The van der Waals surface area contributed by atoms with E-state index in [4.69, 9.17) is 10.8 Å². The van der Waals surface area contributed by atoms with Gasteiger partial charge in [-0.25, -0.2) is 4.68 Å². The minimum Gasteiger partial charge on any atom is -0.241 e. The molecule has 1 aromatic heterocycles. The van der Waals surface area contributed by atoms with Gasteiger partial charge in [0.05, 0.1) is 35.1 Å². The molecule has 1 aromatic carbocycles. The molecule has 0 aliphatic carbocycles. The summed E-state index contributed by atoms with van der Waals surface area (Å²) in [5.74, 6) is 0. The van der Waals surface area contributed by atoms with Crippen molar-refractivity contribution in [1.29, 1.82) is 5.26 Å². The van der Waals surface area contributed by atoms with Gasteiger partial charge in [0.2, 0.25) is 0 Å². The molecule has 2 rings (SSSR count). The van der Waals surface area contributed by atoms with E-state index in [9.17, 15) is 13.2 Å². The van der Waals surface area contributed by atoms with Crippen LogP contribution in [0.1, 0.15) is 16.8 Å². The topological polar surface area (TPSA) is 90.4 Å². The molecule has 0 spiro atoms. The lowest BCUT2D eigenvalue weighted by Gasteiger charge is -2.10. The molecule has 0 saturated heterocycles. The molecular weight excluding hydrogens is 285 g/mol. The number of nitriles is 1. The van der Waals surface area contributed by atoms with Gasteiger partial charge in [-0.1, -0.05) is 5.11 Å². The molecule has 0 bridgehead atoms. The number of hydrogen-bond donors (Lipinski definition) is 0. The maximum Gasteiger partial charge on any atom is 0.417 e. The van der Waals surface area contributed by atoms with Crippen LogP contribution in [0, 0.1) is 11.3 Å². The molecule has 0 amide bonds. The first kappa shape index (κ1) is 14.4. The average Bonchev–Trinajstić information content (AvgIpc) is 2.92. The van der Waals surface area contributed by atoms with Crippen LogP contribution < -0.4 is 0 Å². The molecule has 0 saturated carbocycles. The predicted octanol–water partition coefficient (Wildman–Crippen LogP) is 3.57. The zero-order chi connectivity index (χ0) is 15.5. The van der Waals surface area contributed by atoms with Crippen LogP contribution in [0.15, 0.2) is 35.6 Å². The number of nitrogens with zero attached hydrogens (tertiary/aromatic N) is 6. The van der Waals surface area contributed by atoms with E-state index >= 15 is 0 Å². The van der Waals surface area contributed by atoms with Crippen molar-refractivity contribution in [2.24, 2.45) is 5.11 Å². The fraction of sp³-hybridized carbons (Fsp3) is 0.167. The zero-order valence-corrected chi connectivity index (χ0v) is 10.4. The van der Waals surface area contributed by atoms with Gasteiger partial charge in [-0.05, 0) is 29.8 Å².